The van der Waals surface area contributed by atoms with Gasteiger partial charge >= 0.3 is 0 Å². The van der Waals surface area contributed by atoms with Crippen molar-refractivity contribution in [3.8, 4) is 5.75 Å². The molecule has 0 bridgehead atoms. The average Bonchev–Trinajstić information content (AvgIpc) is 2.69. The summed E-state index contributed by atoms with van der Waals surface area (Å²) in [6.45, 7) is 6.47. The highest BCUT2D eigenvalue weighted by Crippen LogP contribution is 2.31. The molecule has 0 heterocycles. The number of sulfonamides is 2. The van der Waals surface area contributed by atoms with Crippen LogP contribution >= 0.6 is 0 Å². The Morgan fingerprint density at radius 3 is 1.93 bits per heavy atom. The molecular formula is C20H29N3O5S2. The van der Waals surface area contributed by atoms with Gasteiger partial charge in [0.1, 0.15) is 5.75 Å². The fourth-order valence-corrected chi connectivity index (χ4v) is 5.50. The molecule has 0 saturated heterocycles. The first kappa shape index (κ1) is 24.0. The molecule has 0 amide bonds. The lowest BCUT2D eigenvalue weighted by Crippen LogP contribution is -2.30. The van der Waals surface area contributed by atoms with Crippen molar-refractivity contribution in [3.05, 3.63) is 42.5 Å². The smallest absolute Gasteiger partial charge is 0.261 e. The lowest BCUT2D eigenvalue weighted by molar-refractivity contribution is 0.340. The average molecular weight is 456 g/mol. The highest BCUT2D eigenvalue weighted by Gasteiger charge is 2.24. The Balaban J connectivity index is 2.48. The molecule has 2 aromatic rings. The third-order valence-electron chi connectivity index (χ3n) is 4.48. The number of rotatable bonds is 10. The maximum atomic E-state index is 12.9. The molecule has 0 unspecified atom stereocenters. The molecular weight excluding hydrogens is 426 g/mol. The van der Waals surface area contributed by atoms with Crippen LogP contribution in [0.25, 0.3) is 0 Å². The molecule has 8 nitrogen and oxygen atoms in total. The Hall–Kier alpha value is -2.30. The standard InChI is InChI=1S/C20H29N3O5S2/c1-6-23(7-2)30(26,27)18-13-14-20(22(4)5)19(15-18)21-29(24,25)17-11-9-16(10-12-17)28-8-3/h9-15,21H,6-8H2,1-5H3. The van der Waals surface area contributed by atoms with Crippen LogP contribution in [0.15, 0.2) is 52.3 Å². The van der Waals surface area contributed by atoms with Crippen LogP contribution in [0.1, 0.15) is 20.8 Å². The SMILES string of the molecule is CCOc1ccc(S(=O)(=O)Nc2cc(S(=O)(=O)N(CC)CC)ccc2N(C)C)cc1. The van der Waals surface area contributed by atoms with Crippen molar-refractivity contribution >= 4 is 31.4 Å². The van der Waals surface area contributed by atoms with Crippen molar-refractivity contribution in [1.29, 1.82) is 0 Å². The summed E-state index contributed by atoms with van der Waals surface area (Å²) in [6, 6.07) is 10.5. The van der Waals surface area contributed by atoms with E-state index in [0.29, 0.717) is 31.1 Å². The highest BCUT2D eigenvalue weighted by atomic mass is 32.2. The van der Waals surface area contributed by atoms with Gasteiger partial charge in [-0.1, -0.05) is 13.8 Å². The van der Waals surface area contributed by atoms with Gasteiger partial charge in [-0.25, -0.2) is 16.8 Å². The summed E-state index contributed by atoms with van der Waals surface area (Å²) in [5.74, 6) is 0.567. The van der Waals surface area contributed by atoms with Crippen molar-refractivity contribution in [2.45, 2.75) is 30.6 Å². The van der Waals surface area contributed by atoms with Gasteiger partial charge in [-0.3, -0.25) is 4.72 Å². The molecule has 10 heteroatoms. The fourth-order valence-electron chi connectivity index (χ4n) is 2.95. The zero-order chi connectivity index (χ0) is 22.5. The minimum Gasteiger partial charge on any atom is -0.494 e. The van der Waals surface area contributed by atoms with E-state index in [1.807, 2.05) is 6.92 Å². The van der Waals surface area contributed by atoms with Gasteiger partial charge in [-0.2, -0.15) is 4.31 Å². The number of benzene rings is 2. The molecule has 0 aliphatic heterocycles. The second kappa shape index (κ2) is 9.67. The van der Waals surface area contributed by atoms with Crippen LogP contribution in [-0.2, 0) is 20.0 Å². The molecule has 0 spiro atoms. The molecule has 0 atom stereocenters. The monoisotopic (exact) mass is 455 g/mol. The van der Waals surface area contributed by atoms with E-state index < -0.39 is 20.0 Å². The summed E-state index contributed by atoms with van der Waals surface area (Å²) >= 11 is 0. The van der Waals surface area contributed by atoms with Crippen LogP contribution in [0.2, 0.25) is 0 Å². The van der Waals surface area contributed by atoms with Crippen molar-refractivity contribution in [1.82, 2.24) is 4.31 Å². The number of hydrogen-bond acceptors (Lipinski definition) is 6. The first-order valence-corrected chi connectivity index (χ1v) is 12.6. The van der Waals surface area contributed by atoms with E-state index in [2.05, 4.69) is 4.72 Å². The second-order valence-corrected chi connectivity index (χ2v) is 10.3. The van der Waals surface area contributed by atoms with Crippen LogP contribution < -0.4 is 14.4 Å². The van der Waals surface area contributed by atoms with Crippen LogP contribution in [-0.4, -0.2) is 54.9 Å². The second-order valence-electron chi connectivity index (χ2n) is 6.67. The van der Waals surface area contributed by atoms with E-state index >= 15 is 0 Å². The lowest BCUT2D eigenvalue weighted by atomic mass is 10.2. The van der Waals surface area contributed by atoms with Gasteiger partial charge in [0.25, 0.3) is 10.0 Å². The van der Waals surface area contributed by atoms with Crippen LogP contribution in [0.5, 0.6) is 5.75 Å². The number of anilines is 2. The summed E-state index contributed by atoms with van der Waals surface area (Å²) in [5.41, 5.74) is 0.727. The lowest BCUT2D eigenvalue weighted by Gasteiger charge is -2.22. The van der Waals surface area contributed by atoms with Gasteiger partial charge in [-0.15, -0.1) is 0 Å². The van der Waals surface area contributed by atoms with Gasteiger partial charge < -0.3 is 9.64 Å². The Morgan fingerprint density at radius 2 is 1.43 bits per heavy atom. The van der Waals surface area contributed by atoms with E-state index in [-0.39, 0.29) is 15.5 Å². The zero-order valence-corrected chi connectivity index (χ0v) is 19.5. The normalized spacial score (nSPS) is 12.1. The number of ether oxygens (including phenoxy) is 1. The minimum absolute atomic E-state index is 0.0289. The molecule has 166 valence electrons. The van der Waals surface area contributed by atoms with Crippen molar-refractivity contribution in [2.24, 2.45) is 0 Å². The molecule has 2 rings (SSSR count). The maximum Gasteiger partial charge on any atom is 0.261 e. The van der Waals surface area contributed by atoms with Gasteiger partial charge in [0, 0.05) is 27.2 Å². The van der Waals surface area contributed by atoms with Gasteiger partial charge in [0.05, 0.1) is 27.8 Å². The first-order valence-electron chi connectivity index (χ1n) is 9.64. The molecule has 2 aromatic carbocycles. The Kier molecular flexibility index (Phi) is 7.73. The van der Waals surface area contributed by atoms with Crippen LogP contribution in [0.3, 0.4) is 0 Å². The predicted octanol–water partition coefficient (Wildman–Crippen LogP) is 2.98. The molecule has 1 N–H and O–H groups in total. The molecule has 0 aliphatic carbocycles. The van der Waals surface area contributed by atoms with Crippen molar-refractivity contribution in [3.63, 3.8) is 0 Å². The maximum absolute atomic E-state index is 12.9. The summed E-state index contributed by atoms with van der Waals surface area (Å²) in [5, 5.41) is 0. The van der Waals surface area contributed by atoms with Crippen molar-refractivity contribution in [2.75, 3.05) is 43.4 Å². The Morgan fingerprint density at radius 1 is 0.867 bits per heavy atom. The first-order chi connectivity index (χ1) is 14.1. The van der Waals surface area contributed by atoms with Gasteiger partial charge in [0.2, 0.25) is 10.0 Å². The van der Waals surface area contributed by atoms with Crippen molar-refractivity contribution < 1.29 is 21.6 Å². The van der Waals surface area contributed by atoms with E-state index in [9.17, 15) is 16.8 Å². The largest absolute Gasteiger partial charge is 0.494 e. The number of nitrogens with one attached hydrogen (secondary N) is 1. The van der Waals surface area contributed by atoms with E-state index in [4.69, 9.17) is 4.74 Å². The Bertz CT molecular complexity index is 1060. The minimum atomic E-state index is -3.94. The quantitative estimate of drug-likeness (QED) is 0.592. The van der Waals surface area contributed by atoms with E-state index in [1.54, 1.807) is 51.0 Å². The summed E-state index contributed by atoms with van der Waals surface area (Å²) in [4.78, 5) is 1.79. The molecule has 0 saturated carbocycles. The highest BCUT2D eigenvalue weighted by molar-refractivity contribution is 7.92. The van der Waals surface area contributed by atoms with Crippen LogP contribution in [0, 0.1) is 0 Å². The number of hydrogen-bond donors (Lipinski definition) is 1. The molecule has 0 aromatic heterocycles. The fraction of sp³-hybridized carbons (Fsp3) is 0.400. The predicted molar refractivity (Wildman–Crippen MR) is 119 cm³/mol. The topological polar surface area (TPSA) is 96.0 Å². The molecule has 0 aliphatic rings. The van der Waals surface area contributed by atoms with E-state index in [0.717, 1.165) is 0 Å². The van der Waals surface area contributed by atoms with E-state index in [1.165, 1.54) is 28.6 Å². The third-order valence-corrected chi connectivity index (χ3v) is 7.91. The zero-order valence-electron chi connectivity index (χ0n) is 17.9. The summed E-state index contributed by atoms with van der Waals surface area (Å²) in [6.07, 6.45) is 0. The van der Waals surface area contributed by atoms with Gasteiger partial charge in [-0.05, 0) is 49.4 Å². The van der Waals surface area contributed by atoms with Crippen LogP contribution in [0.4, 0.5) is 11.4 Å². The molecule has 0 radical (unpaired) electrons. The summed E-state index contributed by atoms with van der Waals surface area (Å²) in [7, 11) is -4.17. The third kappa shape index (κ3) is 5.24. The Labute approximate surface area is 179 Å². The summed E-state index contributed by atoms with van der Waals surface area (Å²) < 4.78 is 60.8. The molecule has 0 fully saturated rings. The molecule has 30 heavy (non-hydrogen) atoms. The number of nitrogens with zero attached hydrogens (tertiary/aromatic N) is 2. The van der Waals surface area contributed by atoms with Gasteiger partial charge in [0.15, 0.2) is 0 Å².